The van der Waals surface area contributed by atoms with E-state index in [1.165, 1.54) is 0 Å². The van der Waals surface area contributed by atoms with Gasteiger partial charge in [0.15, 0.2) is 0 Å². The molecule has 1 aliphatic heterocycles. The third kappa shape index (κ3) is 4.20. The normalized spacial score (nSPS) is 19.6. The lowest BCUT2D eigenvalue weighted by Gasteiger charge is -2.27. The second-order valence-electron chi connectivity index (χ2n) is 6.81. The number of nitrogens with zero attached hydrogens (tertiary/aromatic N) is 3. The number of aromatic nitrogens is 2. The maximum Gasteiger partial charge on any atom is 0.318 e. The number of hydrogen-bond donors (Lipinski definition) is 2. The number of carbonyl (C=O) groups excluding carboxylic acids is 1. The highest BCUT2D eigenvalue weighted by Gasteiger charge is 2.30. The Bertz CT molecular complexity index is 682. The summed E-state index contributed by atoms with van der Waals surface area (Å²) < 4.78 is 1.94. The van der Waals surface area contributed by atoms with E-state index >= 15 is 0 Å². The number of nitrogens with one attached hydrogen (secondary N) is 1. The molecular weight excluding hydrogens is 316 g/mol. The van der Waals surface area contributed by atoms with Gasteiger partial charge in [0.1, 0.15) is 0 Å². The van der Waals surface area contributed by atoms with Gasteiger partial charge in [-0.3, -0.25) is 0 Å². The first kappa shape index (κ1) is 17.5. The molecule has 0 unspecified atom stereocenters. The van der Waals surface area contributed by atoms with Crippen molar-refractivity contribution in [2.24, 2.45) is 0 Å². The Morgan fingerprint density at radius 3 is 2.76 bits per heavy atom. The number of aliphatic hydroxyl groups excluding tert-OH is 1. The van der Waals surface area contributed by atoms with E-state index in [0.29, 0.717) is 6.42 Å². The third-order valence-corrected chi connectivity index (χ3v) is 4.79. The van der Waals surface area contributed by atoms with Crippen LogP contribution in [0.4, 0.5) is 4.79 Å². The summed E-state index contributed by atoms with van der Waals surface area (Å²) in [5.41, 5.74) is 2.10. The largest absolute Gasteiger partial charge is 0.393 e. The molecule has 2 heterocycles. The van der Waals surface area contributed by atoms with Gasteiger partial charge in [0.05, 0.1) is 18.5 Å². The van der Waals surface area contributed by atoms with Crippen molar-refractivity contribution in [2.45, 2.75) is 51.3 Å². The molecule has 1 saturated heterocycles. The number of urea groups is 1. The number of aliphatic hydroxyl groups is 1. The lowest BCUT2D eigenvalue weighted by molar-refractivity contribution is 0.137. The van der Waals surface area contributed by atoms with Crippen LogP contribution < -0.4 is 5.32 Å². The lowest BCUT2D eigenvalue weighted by Crippen LogP contribution is -2.44. The molecule has 0 saturated carbocycles. The van der Waals surface area contributed by atoms with Crippen molar-refractivity contribution < 1.29 is 9.90 Å². The first-order valence-electron chi connectivity index (χ1n) is 8.88. The van der Waals surface area contributed by atoms with Crippen LogP contribution in [0, 0.1) is 0 Å². The highest BCUT2D eigenvalue weighted by molar-refractivity contribution is 5.75. The molecule has 2 N–H and O–H groups in total. The van der Waals surface area contributed by atoms with Gasteiger partial charge in [0.25, 0.3) is 0 Å². The van der Waals surface area contributed by atoms with Crippen LogP contribution in [0.2, 0.25) is 0 Å². The fourth-order valence-corrected chi connectivity index (χ4v) is 3.44. The number of likely N-dealkylation sites (tertiary alicyclic amines) is 1. The molecule has 1 aromatic heterocycles. The van der Waals surface area contributed by atoms with Gasteiger partial charge in [-0.2, -0.15) is 0 Å². The van der Waals surface area contributed by atoms with Gasteiger partial charge < -0.3 is 19.9 Å². The van der Waals surface area contributed by atoms with Gasteiger partial charge in [0.2, 0.25) is 0 Å². The number of carbonyl (C=O) groups is 1. The van der Waals surface area contributed by atoms with Crippen LogP contribution in [0.5, 0.6) is 0 Å². The minimum Gasteiger partial charge on any atom is -0.393 e. The van der Waals surface area contributed by atoms with Crippen molar-refractivity contribution in [3.05, 3.63) is 48.5 Å². The van der Waals surface area contributed by atoms with Gasteiger partial charge in [-0.25, -0.2) is 9.78 Å². The summed E-state index contributed by atoms with van der Waals surface area (Å²) in [6.07, 6.45) is 7.63. The Kier molecular flexibility index (Phi) is 5.38. The molecule has 0 radical (unpaired) electrons. The number of amides is 2. The molecule has 0 spiro atoms. The van der Waals surface area contributed by atoms with Crippen LogP contribution in [0.1, 0.15) is 44.7 Å². The summed E-state index contributed by atoms with van der Waals surface area (Å²) in [5, 5.41) is 12.7. The molecule has 2 aromatic rings. The fraction of sp³-hybridized carbons (Fsp3) is 0.474. The summed E-state index contributed by atoms with van der Waals surface area (Å²) in [5.74, 6) is 0. The third-order valence-electron chi connectivity index (χ3n) is 4.79. The van der Waals surface area contributed by atoms with Crippen LogP contribution in [0.25, 0.3) is 5.69 Å². The quantitative estimate of drug-likeness (QED) is 0.878. The first-order chi connectivity index (χ1) is 12.0. The van der Waals surface area contributed by atoms with Gasteiger partial charge >= 0.3 is 6.03 Å². The molecule has 1 fully saturated rings. The Morgan fingerprint density at radius 2 is 2.12 bits per heavy atom. The highest BCUT2D eigenvalue weighted by atomic mass is 16.3. The molecule has 25 heavy (non-hydrogen) atoms. The van der Waals surface area contributed by atoms with Gasteiger partial charge in [-0.05, 0) is 50.8 Å². The molecule has 3 atom stereocenters. The van der Waals surface area contributed by atoms with Gasteiger partial charge in [-0.15, -0.1) is 0 Å². The van der Waals surface area contributed by atoms with E-state index in [1.807, 2.05) is 46.9 Å². The molecule has 3 rings (SSSR count). The predicted molar refractivity (Wildman–Crippen MR) is 96.5 cm³/mol. The average Bonchev–Trinajstić information content (AvgIpc) is 3.26. The Balaban J connectivity index is 1.61. The summed E-state index contributed by atoms with van der Waals surface area (Å²) in [4.78, 5) is 18.5. The van der Waals surface area contributed by atoms with Crippen molar-refractivity contribution in [3.63, 3.8) is 0 Å². The molecular formula is C19H26N4O2. The topological polar surface area (TPSA) is 70.4 Å². The standard InChI is InChI=1S/C19H26N4O2/c1-14(24)12-18-4-3-10-23(18)19(25)21-15(2)16-5-7-17(8-6-16)22-11-9-20-13-22/h5-9,11,13-15,18,24H,3-4,10,12H2,1-2H3,(H,21,25)/t14-,15-,18+/m0/s1. The number of hydrogen-bond acceptors (Lipinski definition) is 3. The Labute approximate surface area is 148 Å². The smallest absolute Gasteiger partial charge is 0.318 e. The van der Waals surface area contributed by atoms with Crippen molar-refractivity contribution in [1.29, 1.82) is 0 Å². The Morgan fingerprint density at radius 1 is 1.36 bits per heavy atom. The van der Waals surface area contributed by atoms with Crippen molar-refractivity contribution >= 4 is 6.03 Å². The molecule has 134 valence electrons. The van der Waals surface area contributed by atoms with Crippen molar-refractivity contribution in [3.8, 4) is 5.69 Å². The highest BCUT2D eigenvalue weighted by Crippen LogP contribution is 2.23. The molecule has 6 nitrogen and oxygen atoms in total. The lowest BCUT2D eigenvalue weighted by atomic mass is 10.1. The van der Waals surface area contributed by atoms with E-state index in [0.717, 1.165) is 30.6 Å². The zero-order valence-corrected chi connectivity index (χ0v) is 14.8. The SMILES string of the molecule is C[C@H](O)C[C@H]1CCCN1C(=O)N[C@@H](C)c1ccc(-n2ccnc2)cc1. The number of imidazole rings is 1. The second-order valence-corrected chi connectivity index (χ2v) is 6.81. The molecule has 1 aromatic carbocycles. The van der Waals surface area contributed by atoms with Crippen LogP contribution in [0.3, 0.4) is 0 Å². The summed E-state index contributed by atoms with van der Waals surface area (Å²) in [7, 11) is 0. The summed E-state index contributed by atoms with van der Waals surface area (Å²) in [6.45, 7) is 4.53. The average molecular weight is 342 g/mol. The summed E-state index contributed by atoms with van der Waals surface area (Å²) >= 11 is 0. The van der Waals surface area contributed by atoms with Crippen LogP contribution >= 0.6 is 0 Å². The van der Waals surface area contributed by atoms with Crippen molar-refractivity contribution in [1.82, 2.24) is 19.8 Å². The van der Waals surface area contributed by atoms with E-state index in [2.05, 4.69) is 10.3 Å². The molecule has 6 heteroatoms. The molecule has 0 bridgehead atoms. The maximum atomic E-state index is 12.6. The fourth-order valence-electron chi connectivity index (χ4n) is 3.44. The second kappa shape index (κ2) is 7.70. The van der Waals surface area contributed by atoms with Gasteiger partial charge in [0, 0.05) is 30.7 Å². The number of benzene rings is 1. The van der Waals surface area contributed by atoms with Crippen molar-refractivity contribution in [2.75, 3.05) is 6.54 Å². The first-order valence-corrected chi connectivity index (χ1v) is 8.88. The maximum absolute atomic E-state index is 12.6. The number of rotatable bonds is 5. The zero-order valence-electron chi connectivity index (χ0n) is 14.8. The predicted octanol–water partition coefficient (Wildman–Crippen LogP) is 2.88. The monoisotopic (exact) mass is 342 g/mol. The molecule has 0 aliphatic carbocycles. The zero-order chi connectivity index (χ0) is 17.8. The van der Waals surface area contributed by atoms with E-state index in [-0.39, 0.29) is 24.2 Å². The van der Waals surface area contributed by atoms with Crippen LogP contribution in [0.15, 0.2) is 43.0 Å². The van der Waals surface area contributed by atoms with Gasteiger partial charge in [-0.1, -0.05) is 12.1 Å². The summed E-state index contributed by atoms with van der Waals surface area (Å²) in [6, 6.07) is 8.11. The molecule has 2 amide bonds. The van der Waals surface area contributed by atoms with E-state index in [9.17, 15) is 9.90 Å². The van der Waals surface area contributed by atoms with Crippen LogP contribution in [-0.2, 0) is 0 Å². The minimum absolute atomic E-state index is 0.0469. The molecule has 1 aliphatic rings. The Hall–Kier alpha value is -2.34. The minimum atomic E-state index is -0.383. The van der Waals surface area contributed by atoms with E-state index in [1.54, 1.807) is 19.4 Å². The van der Waals surface area contributed by atoms with Crippen LogP contribution in [-0.4, -0.2) is 44.3 Å². The van der Waals surface area contributed by atoms with E-state index in [4.69, 9.17) is 0 Å². The van der Waals surface area contributed by atoms with E-state index < -0.39 is 0 Å².